The number of nitrogens with one attached hydrogen (secondary N) is 2. The standard InChI is InChI=1S/C12H16N6/c1-8-4-15-10(5-14-8)6-16-12-9(2)11(13-3)17-7-18-12/h4-5,7H,6H2,1-3H3,(H2,13,16,17,18). The van der Waals surface area contributed by atoms with Gasteiger partial charge in [0.05, 0.1) is 24.1 Å². The third-order valence-corrected chi connectivity index (χ3v) is 2.59. The fourth-order valence-corrected chi connectivity index (χ4v) is 1.57. The maximum atomic E-state index is 4.28. The van der Waals surface area contributed by atoms with Crippen molar-refractivity contribution in [3.8, 4) is 0 Å². The summed E-state index contributed by atoms with van der Waals surface area (Å²) in [4.78, 5) is 16.8. The Labute approximate surface area is 106 Å². The smallest absolute Gasteiger partial charge is 0.134 e. The second-order valence-corrected chi connectivity index (χ2v) is 3.95. The molecule has 0 aliphatic heterocycles. The van der Waals surface area contributed by atoms with Crippen molar-refractivity contribution in [3.63, 3.8) is 0 Å². The molecule has 0 aliphatic carbocycles. The van der Waals surface area contributed by atoms with Gasteiger partial charge in [0.15, 0.2) is 0 Å². The summed E-state index contributed by atoms with van der Waals surface area (Å²) in [6.45, 7) is 4.47. The summed E-state index contributed by atoms with van der Waals surface area (Å²) in [6.07, 6.45) is 5.04. The van der Waals surface area contributed by atoms with Gasteiger partial charge in [0.25, 0.3) is 0 Å². The van der Waals surface area contributed by atoms with Gasteiger partial charge in [-0.2, -0.15) is 0 Å². The summed E-state index contributed by atoms with van der Waals surface area (Å²) >= 11 is 0. The second kappa shape index (κ2) is 5.39. The number of nitrogens with zero attached hydrogens (tertiary/aromatic N) is 4. The molecule has 18 heavy (non-hydrogen) atoms. The highest BCUT2D eigenvalue weighted by Crippen LogP contribution is 2.17. The van der Waals surface area contributed by atoms with Gasteiger partial charge in [0.2, 0.25) is 0 Å². The molecular formula is C12H16N6. The highest BCUT2D eigenvalue weighted by Gasteiger charge is 2.05. The average Bonchev–Trinajstić information content (AvgIpc) is 2.39. The Balaban J connectivity index is 2.08. The van der Waals surface area contributed by atoms with E-state index in [0.717, 1.165) is 28.6 Å². The Morgan fingerprint density at radius 2 is 1.78 bits per heavy atom. The lowest BCUT2D eigenvalue weighted by molar-refractivity contribution is 0.968. The SMILES string of the molecule is CNc1ncnc(NCc2cnc(C)cn2)c1C. The van der Waals surface area contributed by atoms with Crippen molar-refractivity contribution in [2.45, 2.75) is 20.4 Å². The van der Waals surface area contributed by atoms with Crippen LogP contribution in [0.15, 0.2) is 18.7 Å². The molecule has 0 aromatic carbocycles. The molecule has 94 valence electrons. The molecule has 0 spiro atoms. The van der Waals surface area contributed by atoms with Crippen LogP contribution >= 0.6 is 0 Å². The average molecular weight is 244 g/mol. The van der Waals surface area contributed by atoms with E-state index >= 15 is 0 Å². The van der Waals surface area contributed by atoms with Crippen molar-refractivity contribution >= 4 is 11.6 Å². The number of rotatable bonds is 4. The molecule has 0 bridgehead atoms. The zero-order valence-corrected chi connectivity index (χ0v) is 10.7. The van der Waals surface area contributed by atoms with Gasteiger partial charge in [0, 0.05) is 18.8 Å². The summed E-state index contributed by atoms with van der Waals surface area (Å²) in [7, 11) is 1.84. The zero-order chi connectivity index (χ0) is 13.0. The predicted octanol–water partition coefficient (Wildman–Crippen LogP) is 1.54. The number of aromatic nitrogens is 4. The lowest BCUT2D eigenvalue weighted by Crippen LogP contribution is -2.07. The van der Waals surface area contributed by atoms with Crippen LogP contribution in [-0.4, -0.2) is 27.0 Å². The molecule has 2 aromatic heterocycles. The van der Waals surface area contributed by atoms with E-state index in [2.05, 4.69) is 30.6 Å². The molecule has 6 heteroatoms. The first-order chi connectivity index (χ1) is 8.70. The van der Waals surface area contributed by atoms with Crippen LogP contribution < -0.4 is 10.6 Å². The fourth-order valence-electron chi connectivity index (χ4n) is 1.57. The molecule has 0 radical (unpaired) electrons. The Bertz CT molecular complexity index is 523. The van der Waals surface area contributed by atoms with E-state index < -0.39 is 0 Å². The van der Waals surface area contributed by atoms with Gasteiger partial charge >= 0.3 is 0 Å². The van der Waals surface area contributed by atoms with Crippen molar-refractivity contribution in [3.05, 3.63) is 35.7 Å². The molecule has 6 nitrogen and oxygen atoms in total. The molecule has 2 heterocycles. The highest BCUT2D eigenvalue weighted by atomic mass is 15.1. The van der Waals surface area contributed by atoms with E-state index in [4.69, 9.17) is 0 Å². The normalized spacial score (nSPS) is 10.2. The minimum Gasteiger partial charge on any atom is -0.373 e. The van der Waals surface area contributed by atoms with E-state index in [0.29, 0.717) is 6.54 Å². The van der Waals surface area contributed by atoms with Crippen LogP contribution in [0, 0.1) is 13.8 Å². The Morgan fingerprint density at radius 3 is 2.44 bits per heavy atom. The molecule has 0 saturated carbocycles. The number of hydrogen-bond donors (Lipinski definition) is 2. The lowest BCUT2D eigenvalue weighted by Gasteiger charge is -2.10. The van der Waals surface area contributed by atoms with E-state index in [1.165, 1.54) is 6.33 Å². The first-order valence-corrected chi connectivity index (χ1v) is 5.71. The van der Waals surface area contributed by atoms with Crippen molar-refractivity contribution in [2.24, 2.45) is 0 Å². The van der Waals surface area contributed by atoms with Gasteiger partial charge in [-0.1, -0.05) is 0 Å². The van der Waals surface area contributed by atoms with Gasteiger partial charge in [-0.05, 0) is 13.8 Å². The first kappa shape index (κ1) is 12.2. The molecule has 0 fully saturated rings. The summed E-state index contributed by atoms with van der Waals surface area (Å²) in [5.41, 5.74) is 2.78. The van der Waals surface area contributed by atoms with Gasteiger partial charge in [-0.15, -0.1) is 0 Å². The van der Waals surface area contributed by atoms with Crippen LogP contribution in [0.2, 0.25) is 0 Å². The summed E-state index contributed by atoms with van der Waals surface area (Å²) < 4.78 is 0. The maximum Gasteiger partial charge on any atom is 0.134 e. The maximum absolute atomic E-state index is 4.28. The van der Waals surface area contributed by atoms with Crippen molar-refractivity contribution < 1.29 is 0 Å². The summed E-state index contributed by atoms with van der Waals surface area (Å²) in [6, 6.07) is 0. The van der Waals surface area contributed by atoms with Crippen molar-refractivity contribution in [1.82, 2.24) is 19.9 Å². The van der Waals surface area contributed by atoms with E-state index in [-0.39, 0.29) is 0 Å². The van der Waals surface area contributed by atoms with Crippen LogP contribution in [-0.2, 0) is 6.54 Å². The lowest BCUT2D eigenvalue weighted by atomic mass is 10.3. The molecule has 0 atom stereocenters. The molecule has 2 aromatic rings. The minimum absolute atomic E-state index is 0.592. The molecular weight excluding hydrogens is 228 g/mol. The number of anilines is 2. The molecule has 0 amide bonds. The van der Waals surface area contributed by atoms with Crippen molar-refractivity contribution in [1.29, 1.82) is 0 Å². The van der Waals surface area contributed by atoms with Crippen LogP contribution in [0.1, 0.15) is 17.0 Å². The molecule has 0 unspecified atom stereocenters. The molecule has 0 aliphatic rings. The number of aryl methyl sites for hydroxylation is 1. The largest absolute Gasteiger partial charge is 0.373 e. The first-order valence-electron chi connectivity index (χ1n) is 5.71. The second-order valence-electron chi connectivity index (χ2n) is 3.95. The van der Waals surface area contributed by atoms with Crippen LogP contribution in [0.3, 0.4) is 0 Å². The predicted molar refractivity (Wildman–Crippen MR) is 70.4 cm³/mol. The van der Waals surface area contributed by atoms with Crippen LogP contribution in [0.25, 0.3) is 0 Å². The van der Waals surface area contributed by atoms with Gasteiger partial charge in [-0.3, -0.25) is 9.97 Å². The fraction of sp³-hybridized carbons (Fsp3) is 0.333. The third kappa shape index (κ3) is 2.71. The van der Waals surface area contributed by atoms with Gasteiger partial charge < -0.3 is 10.6 Å². The monoisotopic (exact) mass is 244 g/mol. The Morgan fingerprint density at radius 1 is 1.00 bits per heavy atom. The van der Waals surface area contributed by atoms with E-state index in [9.17, 15) is 0 Å². The Hall–Kier alpha value is -2.24. The van der Waals surface area contributed by atoms with Gasteiger partial charge in [-0.25, -0.2) is 9.97 Å². The number of hydrogen-bond acceptors (Lipinski definition) is 6. The quantitative estimate of drug-likeness (QED) is 0.849. The van der Waals surface area contributed by atoms with Crippen LogP contribution in [0.4, 0.5) is 11.6 Å². The Kier molecular flexibility index (Phi) is 3.66. The summed E-state index contributed by atoms with van der Waals surface area (Å²) in [5, 5.41) is 6.25. The van der Waals surface area contributed by atoms with Crippen molar-refractivity contribution in [2.75, 3.05) is 17.7 Å². The van der Waals surface area contributed by atoms with Crippen LogP contribution in [0.5, 0.6) is 0 Å². The minimum atomic E-state index is 0.592. The molecule has 2 rings (SSSR count). The van der Waals surface area contributed by atoms with E-state index in [1.54, 1.807) is 12.4 Å². The molecule has 2 N–H and O–H groups in total. The third-order valence-electron chi connectivity index (χ3n) is 2.59. The molecule has 0 saturated heterocycles. The highest BCUT2D eigenvalue weighted by molar-refractivity contribution is 5.56. The zero-order valence-electron chi connectivity index (χ0n) is 10.7. The summed E-state index contributed by atoms with van der Waals surface area (Å²) in [5.74, 6) is 1.62. The topological polar surface area (TPSA) is 75.6 Å². The van der Waals surface area contributed by atoms with E-state index in [1.807, 2.05) is 20.9 Å². The van der Waals surface area contributed by atoms with Gasteiger partial charge in [0.1, 0.15) is 18.0 Å².